The van der Waals surface area contributed by atoms with Crippen LogP contribution >= 0.6 is 0 Å². The van der Waals surface area contributed by atoms with Gasteiger partial charge in [-0.1, -0.05) is 25.7 Å². The van der Waals surface area contributed by atoms with E-state index in [-0.39, 0.29) is 11.9 Å². The standard InChI is InChI=1S/C22H34N2O4/c1-26-19-13-16(14-20(27-2)21(19)28-3)22(25)23-17-9-8-12-24(15-17)18-10-6-4-5-7-11-18/h13-14,17-18H,4-12,15H2,1-3H3,(H,23,25). The van der Waals surface area contributed by atoms with E-state index in [4.69, 9.17) is 14.2 Å². The second kappa shape index (κ2) is 10.0. The van der Waals surface area contributed by atoms with Crippen molar-refractivity contribution < 1.29 is 19.0 Å². The van der Waals surface area contributed by atoms with Crippen LogP contribution in [0.1, 0.15) is 61.7 Å². The number of methoxy groups -OCH3 is 3. The Morgan fingerprint density at radius 1 is 0.929 bits per heavy atom. The van der Waals surface area contributed by atoms with Gasteiger partial charge in [0.25, 0.3) is 5.91 Å². The smallest absolute Gasteiger partial charge is 0.251 e. The molecule has 1 unspecified atom stereocenters. The molecule has 0 spiro atoms. The topological polar surface area (TPSA) is 60.0 Å². The molecule has 0 radical (unpaired) electrons. The number of carbonyl (C=O) groups excluding carboxylic acids is 1. The van der Waals surface area contributed by atoms with Crippen LogP contribution < -0.4 is 19.5 Å². The maximum atomic E-state index is 12.9. The van der Waals surface area contributed by atoms with E-state index < -0.39 is 0 Å². The first-order valence-electron chi connectivity index (χ1n) is 10.5. The molecule has 1 amide bonds. The Labute approximate surface area is 168 Å². The number of hydrogen-bond donors (Lipinski definition) is 1. The molecule has 1 saturated heterocycles. The van der Waals surface area contributed by atoms with Crippen LogP contribution in [-0.4, -0.2) is 57.3 Å². The lowest BCUT2D eigenvalue weighted by atomic mass is 9.99. The zero-order chi connectivity index (χ0) is 19.9. The number of nitrogens with zero attached hydrogens (tertiary/aromatic N) is 1. The number of benzene rings is 1. The molecule has 1 atom stereocenters. The summed E-state index contributed by atoms with van der Waals surface area (Å²) in [7, 11) is 4.68. The lowest BCUT2D eigenvalue weighted by molar-refractivity contribution is 0.0860. The quantitative estimate of drug-likeness (QED) is 0.752. The predicted octanol–water partition coefficient (Wildman–Crippen LogP) is 3.63. The summed E-state index contributed by atoms with van der Waals surface area (Å²) in [4.78, 5) is 15.5. The van der Waals surface area contributed by atoms with Crippen LogP contribution in [0, 0.1) is 0 Å². The number of amides is 1. The van der Waals surface area contributed by atoms with Crippen molar-refractivity contribution in [2.75, 3.05) is 34.4 Å². The molecule has 1 heterocycles. The number of nitrogens with one attached hydrogen (secondary N) is 1. The zero-order valence-corrected chi connectivity index (χ0v) is 17.5. The summed E-state index contributed by atoms with van der Waals surface area (Å²) in [5.74, 6) is 1.40. The molecule has 0 bridgehead atoms. The molecule has 0 aromatic heterocycles. The largest absolute Gasteiger partial charge is 0.493 e. The van der Waals surface area contributed by atoms with Crippen molar-refractivity contribution in [2.24, 2.45) is 0 Å². The average Bonchev–Trinajstić information content (AvgIpc) is 3.02. The van der Waals surface area contributed by atoms with Gasteiger partial charge in [-0.2, -0.15) is 0 Å². The molecule has 3 rings (SSSR count). The summed E-state index contributed by atoms with van der Waals surface area (Å²) in [5.41, 5.74) is 0.529. The van der Waals surface area contributed by atoms with Gasteiger partial charge in [0, 0.05) is 24.2 Å². The first-order valence-corrected chi connectivity index (χ1v) is 10.5. The van der Waals surface area contributed by atoms with Crippen LogP contribution in [0.4, 0.5) is 0 Å². The van der Waals surface area contributed by atoms with Gasteiger partial charge in [0.1, 0.15) is 0 Å². The van der Waals surface area contributed by atoms with E-state index in [2.05, 4.69) is 10.2 Å². The summed E-state index contributed by atoms with van der Waals surface area (Å²) in [5, 5.41) is 3.23. The van der Waals surface area contributed by atoms with Crippen LogP contribution in [-0.2, 0) is 0 Å². The van der Waals surface area contributed by atoms with E-state index in [1.54, 1.807) is 33.5 Å². The summed E-state index contributed by atoms with van der Waals surface area (Å²) < 4.78 is 16.1. The van der Waals surface area contributed by atoms with Crippen LogP contribution in [0.25, 0.3) is 0 Å². The Bertz CT molecular complexity index is 631. The van der Waals surface area contributed by atoms with Crippen LogP contribution in [0.2, 0.25) is 0 Å². The highest BCUT2D eigenvalue weighted by atomic mass is 16.5. The lowest BCUT2D eigenvalue weighted by Crippen LogP contribution is -2.50. The minimum atomic E-state index is -0.0908. The van der Waals surface area contributed by atoms with E-state index >= 15 is 0 Å². The van der Waals surface area contributed by atoms with Gasteiger partial charge in [0.15, 0.2) is 11.5 Å². The van der Waals surface area contributed by atoms with Crippen molar-refractivity contribution in [3.63, 3.8) is 0 Å². The van der Waals surface area contributed by atoms with Gasteiger partial charge in [-0.05, 0) is 44.4 Å². The molecule has 28 heavy (non-hydrogen) atoms. The van der Waals surface area contributed by atoms with Gasteiger partial charge in [-0.25, -0.2) is 0 Å². The Morgan fingerprint density at radius 3 is 2.14 bits per heavy atom. The fraction of sp³-hybridized carbons (Fsp3) is 0.682. The molecule has 1 aromatic carbocycles. The minimum absolute atomic E-state index is 0.0908. The average molecular weight is 391 g/mol. The molecule has 1 aromatic rings. The monoisotopic (exact) mass is 390 g/mol. The Kier molecular flexibility index (Phi) is 7.43. The first kappa shape index (κ1) is 20.8. The molecule has 156 valence electrons. The molecule has 1 aliphatic heterocycles. The summed E-state index contributed by atoms with van der Waals surface area (Å²) >= 11 is 0. The molecule has 2 aliphatic rings. The van der Waals surface area contributed by atoms with E-state index in [1.807, 2.05) is 0 Å². The second-order valence-electron chi connectivity index (χ2n) is 7.87. The van der Waals surface area contributed by atoms with Crippen molar-refractivity contribution in [2.45, 2.75) is 63.5 Å². The highest BCUT2D eigenvalue weighted by molar-refractivity contribution is 5.95. The van der Waals surface area contributed by atoms with Gasteiger partial charge in [-0.15, -0.1) is 0 Å². The van der Waals surface area contributed by atoms with E-state index in [0.29, 0.717) is 28.9 Å². The SMILES string of the molecule is COc1cc(C(=O)NC2CCCN(C3CCCCCC3)C2)cc(OC)c1OC. The number of carbonyl (C=O) groups is 1. The molecular weight excluding hydrogens is 356 g/mol. The maximum absolute atomic E-state index is 12.9. The van der Waals surface area contributed by atoms with Gasteiger partial charge in [-0.3, -0.25) is 9.69 Å². The van der Waals surface area contributed by atoms with Crippen LogP contribution in [0.5, 0.6) is 17.2 Å². The van der Waals surface area contributed by atoms with E-state index in [9.17, 15) is 4.79 Å². The molecule has 6 nitrogen and oxygen atoms in total. The number of hydrogen-bond acceptors (Lipinski definition) is 5. The third kappa shape index (κ3) is 4.90. The van der Waals surface area contributed by atoms with Crippen molar-refractivity contribution in [3.05, 3.63) is 17.7 Å². The Morgan fingerprint density at radius 2 is 1.57 bits per heavy atom. The number of likely N-dealkylation sites (tertiary alicyclic amines) is 1. The van der Waals surface area contributed by atoms with Crippen LogP contribution in [0.3, 0.4) is 0 Å². The fourth-order valence-electron chi connectivity index (χ4n) is 4.56. The first-order chi connectivity index (χ1) is 13.7. The van der Waals surface area contributed by atoms with Gasteiger partial charge in [0.05, 0.1) is 21.3 Å². The summed E-state index contributed by atoms with van der Waals surface area (Å²) in [6, 6.07) is 4.29. The predicted molar refractivity (Wildman–Crippen MR) is 110 cm³/mol. The van der Waals surface area contributed by atoms with Crippen molar-refractivity contribution in [1.82, 2.24) is 10.2 Å². The highest BCUT2D eigenvalue weighted by Crippen LogP contribution is 2.38. The van der Waals surface area contributed by atoms with Gasteiger partial charge < -0.3 is 19.5 Å². The van der Waals surface area contributed by atoms with Crippen molar-refractivity contribution >= 4 is 5.91 Å². The molecule has 6 heteroatoms. The van der Waals surface area contributed by atoms with Crippen LogP contribution in [0.15, 0.2) is 12.1 Å². The molecule has 1 N–H and O–H groups in total. The number of rotatable bonds is 6. The fourth-order valence-corrected chi connectivity index (χ4v) is 4.56. The second-order valence-corrected chi connectivity index (χ2v) is 7.87. The van der Waals surface area contributed by atoms with Crippen molar-refractivity contribution in [1.29, 1.82) is 0 Å². The Hall–Kier alpha value is -1.95. The Balaban J connectivity index is 1.66. The molecule has 1 aliphatic carbocycles. The third-order valence-corrected chi connectivity index (χ3v) is 6.06. The normalized spacial score (nSPS) is 21.6. The minimum Gasteiger partial charge on any atom is -0.493 e. The number of ether oxygens (including phenoxy) is 3. The summed E-state index contributed by atoms with van der Waals surface area (Å²) in [6.07, 6.45) is 10.2. The van der Waals surface area contributed by atoms with E-state index in [0.717, 1.165) is 25.9 Å². The molecule has 2 fully saturated rings. The maximum Gasteiger partial charge on any atom is 0.251 e. The van der Waals surface area contributed by atoms with Gasteiger partial charge in [0.2, 0.25) is 5.75 Å². The molecule has 1 saturated carbocycles. The van der Waals surface area contributed by atoms with E-state index in [1.165, 1.54) is 38.5 Å². The van der Waals surface area contributed by atoms with Gasteiger partial charge >= 0.3 is 0 Å². The molecular formula is C22H34N2O4. The third-order valence-electron chi connectivity index (χ3n) is 6.06. The lowest BCUT2D eigenvalue weighted by Gasteiger charge is -2.38. The zero-order valence-electron chi connectivity index (χ0n) is 17.5. The number of piperidine rings is 1. The summed E-state index contributed by atoms with van der Waals surface area (Å²) in [6.45, 7) is 2.10. The highest BCUT2D eigenvalue weighted by Gasteiger charge is 2.28. The van der Waals surface area contributed by atoms with Crippen molar-refractivity contribution in [3.8, 4) is 17.2 Å².